The summed E-state index contributed by atoms with van der Waals surface area (Å²) in [5.41, 5.74) is -2.51. The lowest BCUT2D eigenvalue weighted by atomic mass is 9.88. The summed E-state index contributed by atoms with van der Waals surface area (Å²) in [4.78, 5) is 0. The quantitative estimate of drug-likeness (QED) is 0.726. The van der Waals surface area contributed by atoms with E-state index in [0.717, 1.165) is 6.07 Å². The van der Waals surface area contributed by atoms with Gasteiger partial charge < -0.3 is 10.2 Å². The van der Waals surface area contributed by atoms with E-state index in [1.807, 2.05) is 6.07 Å². The van der Waals surface area contributed by atoms with E-state index < -0.39 is 11.8 Å². The van der Waals surface area contributed by atoms with Crippen LogP contribution in [0.4, 0.5) is 13.2 Å². The molecule has 1 aliphatic rings. The van der Waals surface area contributed by atoms with Gasteiger partial charge in [0, 0.05) is 22.9 Å². The second-order valence-corrected chi connectivity index (χ2v) is 6.53. The molecule has 28 heavy (non-hydrogen) atoms. The Bertz CT molecular complexity index is 1110. The average molecular weight is 385 g/mol. The molecule has 1 unspecified atom stereocenters. The summed E-state index contributed by atoms with van der Waals surface area (Å²) in [6, 6.07) is 10.2. The number of nitriles is 1. The third-order valence-corrected chi connectivity index (χ3v) is 4.93. The molecule has 5 nitrogen and oxygen atoms in total. The maximum absolute atomic E-state index is 14.0. The van der Waals surface area contributed by atoms with E-state index in [1.165, 1.54) is 35.1 Å². The number of halogens is 3. The molecule has 0 fully saturated rings. The van der Waals surface area contributed by atoms with E-state index in [4.69, 9.17) is 5.11 Å². The van der Waals surface area contributed by atoms with Crippen molar-refractivity contribution in [3.8, 4) is 28.3 Å². The number of fused-ring (bicyclic) bond motifs is 3. The van der Waals surface area contributed by atoms with Gasteiger partial charge in [0.1, 0.15) is 0 Å². The van der Waals surface area contributed by atoms with Crippen molar-refractivity contribution in [3.63, 3.8) is 0 Å². The van der Waals surface area contributed by atoms with Gasteiger partial charge in [0.2, 0.25) is 5.60 Å². The molecule has 4 rings (SSSR count). The Morgan fingerprint density at radius 3 is 2.57 bits per heavy atom. The molecule has 0 saturated carbocycles. The van der Waals surface area contributed by atoms with Crippen molar-refractivity contribution in [2.75, 3.05) is 6.61 Å². The van der Waals surface area contributed by atoms with Crippen molar-refractivity contribution in [1.29, 1.82) is 5.26 Å². The Morgan fingerprint density at radius 2 is 1.89 bits per heavy atom. The lowest BCUT2D eigenvalue weighted by Gasteiger charge is -2.28. The molecule has 0 saturated heterocycles. The van der Waals surface area contributed by atoms with Crippen molar-refractivity contribution in [1.82, 2.24) is 9.78 Å². The van der Waals surface area contributed by atoms with E-state index in [-0.39, 0.29) is 41.0 Å². The number of rotatable bonds is 3. The fourth-order valence-corrected chi connectivity index (χ4v) is 3.70. The molecule has 1 heterocycles. The Morgan fingerprint density at radius 1 is 1.14 bits per heavy atom. The summed E-state index contributed by atoms with van der Waals surface area (Å²) in [6.45, 7) is 0.0807. The van der Waals surface area contributed by atoms with Crippen molar-refractivity contribution in [2.45, 2.75) is 18.3 Å². The van der Waals surface area contributed by atoms with E-state index >= 15 is 0 Å². The molecular formula is C20H14F3N3O2. The first-order valence-electron chi connectivity index (χ1n) is 8.42. The van der Waals surface area contributed by atoms with Crippen LogP contribution in [0.3, 0.4) is 0 Å². The largest absolute Gasteiger partial charge is 0.425 e. The third kappa shape index (κ3) is 2.44. The first-order valence-corrected chi connectivity index (χ1v) is 8.42. The zero-order chi connectivity index (χ0) is 20.1. The Balaban J connectivity index is 2.07. The van der Waals surface area contributed by atoms with Gasteiger partial charge >= 0.3 is 6.18 Å². The highest BCUT2D eigenvalue weighted by Gasteiger charge is 2.61. The van der Waals surface area contributed by atoms with Crippen LogP contribution in [0, 0.1) is 11.3 Å². The summed E-state index contributed by atoms with van der Waals surface area (Å²) in [6.07, 6.45) is -1.93. The lowest BCUT2D eigenvalue weighted by molar-refractivity contribution is -0.246. The molecule has 0 bridgehead atoms. The van der Waals surface area contributed by atoms with Crippen LogP contribution < -0.4 is 0 Å². The first kappa shape index (κ1) is 18.2. The van der Waals surface area contributed by atoms with Crippen molar-refractivity contribution < 1.29 is 23.4 Å². The number of hydrogen-bond donors (Lipinski definition) is 2. The summed E-state index contributed by atoms with van der Waals surface area (Å²) in [7, 11) is 0. The van der Waals surface area contributed by atoms with Crippen molar-refractivity contribution >= 4 is 0 Å². The van der Waals surface area contributed by atoms with Crippen LogP contribution >= 0.6 is 0 Å². The monoisotopic (exact) mass is 385 g/mol. The third-order valence-electron chi connectivity index (χ3n) is 4.93. The number of benzene rings is 2. The highest BCUT2D eigenvalue weighted by molar-refractivity contribution is 5.93. The molecule has 0 radical (unpaired) electrons. The molecule has 8 heteroatoms. The van der Waals surface area contributed by atoms with Crippen LogP contribution in [0.25, 0.3) is 22.3 Å². The molecule has 2 N–H and O–H groups in total. The predicted octanol–water partition coefficient (Wildman–Crippen LogP) is 3.19. The molecule has 0 amide bonds. The van der Waals surface area contributed by atoms with Crippen LogP contribution in [0.15, 0.2) is 48.8 Å². The summed E-state index contributed by atoms with van der Waals surface area (Å²) in [5.74, 6) is 0. The predicted molar refractivity (Wildman–Crippen MR) is 94.0 cm³/mol. The summed E-state index contributed by atoms with van der Waals surface area (Å²) in [5, 5.41) is 33.3. The summed E-state index contributed by atoms with van der Waals surface area (Å²) < 4.78 is 43.5. The van der Waals surface area contributed by atoms with Gasteiger partial charge in [0.15, 0.2) is 0 Å². The number of aliphatic hydroxyl groups is 2. The molecular weight excluding hydrogens is 371 g/mol. The number of aliphatic hydroxyl groups excluding tert-OH is 1. The molecule has 3 aromatic rings. The number of nitrogens with zero attached hydrogens (tertiary/aromatic N) is 3. The average Bonchev–Trinajstić information content (AvgIpc) is 3.23. The van der Waals surface area contributed by atoms with Gasteiger partial charge in [0.25, 0.3) is 0 Å². The Labute approximate surface area is 157 Å². The second kappa shape index (κ2) is 6.19. The Kier molecular flexibility index (Phi) is 4.03. The Hall–Kier alpha value is -3.15. The lowest BCUT2D eigenvalue weighted by Crippen LogP contribution is -2.41. The molecule has 0 aliphatic heterocycles. The van der Waals surface area contributed by atoms with Crippen molar-refractivity contribution in [2.24, 2.45) is 0 Å². The minimum Gasteiger partial charge on any atom is -0.394 e. The molecule has 1 aromatic heterocycles. The van der Waals surface area contributed by atoms with E-state index in [1.54, 1.807) is 12.3 Å². The van der Waals surface area contributed by atoms with Gasteiger partial charge in [-0.2, -0.15) is 23.5 Å². The van der Waals surface area contributed by atoms with Crippen LogP contribution in [0.2, 0.25) is 0 Å². The number of hydrogen-bond acceptors (Lipinski definition) is 4. The maximum atomic E-state index is 14.0. The highest BCUT2D eigenvalue weighted by Crippen LogP contribution is 2.57. The van der Waals surface area contributed by atoms with E-state index in [0.29, 0.717) is 11.1 Å². The molecule has 1 atom stereocenters. The summed E-state index contributed by atoms with van der Waals surface area (Å²) >= 11 is 0. The fraction of sp³-hybridized carbons (Fsp3) is 0.200. The van der Waals surface area contributed by atoms with E-state index in [2.05, 4.69) is 5.10 Å². The first-order chi connectivity index (χ1) is 13.3. The molecule has 2 aromatic carbocycles. The van der Waals surface area contributed by atoms with Crippen LogP contribution in [0.5, 0.6) is 0 Å². The van der Waals surface area contributed by atoms with Gasteiger partial charge in [-0.15, -0.1) is 0 Å². The molecule has 0 spiro atoms. The van der Waals surface area contributed by atoms with Gasteiger partial charge in [-0.25, -0.2) is 0 Å². The fourth-order valence-electron chi connectivity index (χ4n) is 3.70. The van der Waals surface area contributed by atoms with Crippen LogP contribution in [-0.2, 0) is 12.1 Å². The van der Waals surface area contributed by atoms with Gasteiger partial charge in [-0.1, -0.05) is 24.3 Å². The zero-order valence-corrected chi connectivity index (χ0v) is 14.4. The molecule has 1 aliphatic carbocycles. The van der Waals surface area contributed by atoms with Gasteiger partial charge in [-0.3, -0.25) is 4.68 Å². The maximum Gasteiger partial charge on any atom is 0.425 e. The minimum absolute atomic E-state index is 0.000797. The zero-order valence-electron chi connectivity index (χ0n) is 14.4. The van der Waals surface area contributed by atoms with Crippen molar-refractivity contribution in [3.05, 3.63) is 65.5 Å². The highest BCUT2D eigenvalue weighted by atomic mass is 19.4. The SMILES string of the molecule is N#Cc1cc(-c2cnn(CCO)c2)c2c(c1)C(O)(C(F)(F)F)c1ccccc1-2. The normalized spacial score (nSPS) is 17.9. The standard InChI is InChI=1S/C20H14F3N3O2/c21-20(22,23)19(28)16-4-2-1-3-14(16)18-15(7-12(9-24)8-17(18)19)13-10-25-26(11-13)5-6-27/h1-4,7-8,10-11,27-28H,5-6H2. The van der Waals surface area contributed by atoms with Gasteiger partial charge in [0.05, 0.1) is 31.0 Å². The van der Waals surface area contributed by atoms with Crippen LogP contribution in [-0.4, -0.2) is 32.8 Å². The molecule has 142 valence electrons. The van der Waals surface area contributed by atoms with E-state index in [9.17, 15) is 23.5 Å². The smallest absolute Gasteiger partial charge is 0.394 e. The number of alkyl halides is 3. The second-order valence-electron chi connectivity index (χ2n) is 6.53. The van der Waals surface area contributed by atoms with Gasteiger partial charge in [-0.05, 0) is 28.8 Å². The van der Waals surface area contributed by atoms with Crippen LogP contribution in [0.1, 0.15) is 16.7 Å². The topological polar surface area (TPSA) is 82.1 Å². The number of aromatic nitrogens is 2. The minimum atomic E-state index is -4.97.